The van der Waals surface area contributed by atoms with E-state index in [1.807, 2.05) is 0 Å². The second kappa shape index (κ2) is 9.49. The van der Waals surface area contributed by atoms with Gasteiger partial charge in [0.15, 0.2) is 0 Å². The van der Waals surface area contributed by atoms with Crippen LogP contribution in [0.25, 0.3) is 0 Å². The molecule has 0 saturated heterocycles. The molecule has 0 N–H and O–H groups in total. The van der Waals surface area contributed by atoms with E-state index in [2.05, 4.69) is 48.1 Å². The molecular formula is C10H21S3Si. The van der Waals surface area contributed by atoms with Crippen LogP contribution in [0.1, 0.15) is 38.5 Å². The molecule has 3 radical (unpaired) electrons. The van der Waals surface area contributed by atoms with Crippen molar-refractivity contribution in [2.45, 2.75) is 43.6 Å². The Bertz CT molecular complexity index is 109. The van der Waals surface area contributed by atoms with Gasteiger partial charge >= 0.3 is 0 Å². The minimum Gasteiger partial charge on any atom is -0.179 e. The van der Waals surface area contributed by atoms with Gasteiger partial charge in [0.25, 0.3) is 0 Å². The van der Waals surface area contributed by atoms with Gasteiger partial charge in [-0.1, -0.05) is 0 Å². The molecule has 4 heteroatoms. The van der Waals surface area contributed by atoms with Gasteiger partial charge in [0, 0.05) is 10.2 Å². The summed E-state index contributed by atoms with van der Waals surface area (Å²) in [6.07, 6.45) is 7.21. The summed E-state index contributed by atoms with van der Waals surface area (Å²) in [5, 5.41) is 0.314. The summed E-state index contributed by atoms with van der Waals surface area (Å²) in [6, 6.07) is 0. The molecule has 0 aliphatic heterocycles. The number of hydrogen-bond acceptors (Lipinski definition) is 3. The van der Waals surface area contributed by atoms with Crippen molar-refractivity contribution in [3.05, 3.63) is 0 Å². The van der Waals surface area contributed by atoms with Crippen LogP contribution in [0.3, 0.4) is 0 Å². The van der Waals surface area contributed by atoms with Gasteiger partial charge in [-0.2, -0.15) is 37.9 Å². The van der Waals surface area contributed by atoms with E-state index in [1.165, 1.54) is 38.5 Å². The number of thiol groups is 3. The van der Waals surface area contributed by atoms with Gasteiger partial charge < -0.3 is 0 Å². The highest BCUT2D eigenvalue weighted by atomic mass is 32.1. The van der Waals surface area contributed by atoms with E-state index in [-0.39, 0.29) is 0 Å². The Labute approximate surface area is 109 Å². The van der Waals surface area contributed by atoms with Gasteiger partial charge in [0.1, 0.15) is 0 Å². The average molecular weight is 266 g/mol. The maximum absolute atomic E-state index is 4.26. The molecule has 0 spiro atoms. The summed E-state index contributed by atoms with van der Waals surface area (Å²) in [5.41, 5.74) is 0. The number of rotatable bonds is 9. The smallest absolute Gasteiger partial charge is 0.0313 e. The summed E-state index contributed by atoms with van der Waals surface area (Å²) < 4.78 is 0. The second-order valence-electron chi connectivity index (χ2n) is 3.76. The van der Waals surface area contributed by atoms with Crippen LogP contribution >= 0.6 is 37.9 Å². The van der Waals surface area contributed by atoms with Crippen LogP contribution in [-0.4, -0.2) is 27.5 Å². The third kappa shape index (κ3) is 7.54. The van der Waals surface area contributed by atoms with Gasteiger partial charge in [-0.05, 0) is 60.8 Å². The van der Waals surface area contributed by atoms with Gasteiger partial charge in [0.2, 0.25) is 0 Å². The van der Waals surface area contributed by atoms with E-state index >= 15 is 0 Å². The molecule has 0 fully saturated rings. The molecule has 0 heterocycles. The first-order valence-corrected chi connectivity index (χ1v) is 7.66. The molecule has 0 saturated carbocycles. The van der Waals surface area contributed by atoms with E-state index in [9.17, 15) is 0 Å². The molecule has 0 rings (SSSR count). The Kier molecular flexibility index (Phi) is 10.3. The van der Waals surface area contributed by atoms with E-state index in [0.717, 1.165) is 17.3 Å². The summed E-state index contributed by atoms with van der Waals surface area (Å²) in [6.45, 7) is 0. The predicted molar refractivity (Wildman–Crippen MR) is 77.7 cm³/mol. The van der Waals surface area contributed by atoms with Gasteiger partial charge in [-0.15, -0.1) is 0 Å². The lowest BCUT2D eigenvalue weighted by Gasteiger charge is -2.29. The molecule has 0 amide bonds. The molecule has 0 aromatic carbocycles. The summed E-state index contributed by atoms with van der Waals surface area (Å²) >= 11 is 12.8. The molecule has 0 aromatic rings. The topological polar surface area (TPSA) is 0 Å². The lowest BCUT2D eigenvalue weighted by atomic mass is 9.92. The molecule has 0 aromatic heterocycles. The molecule has 0 aliphatic rings. The molecule has 0 unspecified atom stereocenters. The zero-order valence-electron chi connectivity index (χ0n) is 8.71. The summed E-state index contributed by atoms with van der Waals surface area (Å²) in [5.74, 6) is 2.94. The standard InChI is InChI=1S/C10H21S3Si/c11-7-1-4-10(14,5-2-8-12)6-3-9-13/h11-13H,1-9H2. The first-order valence-electron chi connectivity index (χ1n) is 5.26. The molecule has 0 aliphatic carbocycles. The van der Waals surface area contributed by atoms with Gasteiger partial charge in [-0.3, -0.25) is 0 Å². The normalized spacial score (nSPS) is 12.0. The van der Waals surface area contributed by atoms with Crippen molar-refractivity contribution in [3.63, 3.8) is 0 Å². The Balaban J connectivity index is 3.89. The van der Waals surface area contributed by atoms with Crippen molar-refractivity contribution >= 4 is 48.1 Å². The van der Waals surface area contributed by atoms with Gasteiger partial charge in [-0.25, -0.2) is 0 Å². The SMILES string of the molecule is [Si]C(CCCS)(CCCS)CCCS. The summed E-state index contributed by atoms with van der Waals surface area (Å²) in [4.78, 5) is 0. The van der Waals surface area contributed by atoms with Crippen molar-refractivity contribution in [2.24, 2.45) is 0 Å². The fraction of sp³-hybridized carbons (Fsp3) is 1.00. The van der Waals surface area contributed by atoms with E-state index in [1.54, 1.807) is 0 Å². The van der Waals surface area contributed by atoms with Crippen molar-refractivity contribution in [3.8, 4) is 0 Å². The van der Waals surface area contributed by atoms with Crippen LogP contribution in [0, 0.1) is 0 Å². The maximum Gasteiger partial charge on any atom is 0.0313 e. The van der Waals surface area contributed by atoms with Crippen LogP contribution < -0.4 is 0 Å². The molecule has 14 heavy (non-hydrogen) atoms. The molecule has 83 valence electrons. The fourth-order valence-electron chi connectivity index (χ4n) is 1.63. The fourth-order valence-corrected chi connectivity index (χ4v) is 2.63. The average Bonchev–Trinajstić information content (AvgIpc) is 2.21. The lowest BCUT2D eigenvalue weighted by Crippen LogP contribution is -2.14. The summed E-state index contributed by atoms with van der Waals surface area (Å²) in [7, 11) is 3.94. The zero-order valence-corrected chi connectivity index (χ0v) is 12.4. The molecule has 0 bridgehead atoms. The van der Waals surface area contributed by atoms with Crippen LogP contribution in [-0.2, 0) is 0 Å². The van der Waals surface area contributed by atoms with E-state index in [4.69, 9.17) is 0 Å². The Morgan fingerprint density at radius 3 is 1.21 bits per heavy atom. The Hall–Kier alpha value is 1.27. The monoisotopic (exact) mass is 265 g/mol. The zero-order chi connectivity index (χ0) is 10.9. The van der Waals surface area contributed by atoms with Gasteiger partial charge in [0.05, 0.1) is 0 Å². The highest BCUT2D eigenvalue weighted by molar-refractivity contribution is 7.80. The minimum absolute atomic E-state index is 0.314. The highest BCUT2D eigenvalue weighted by Gasteiger charge is 2.22. The number of hydrogen-bond donors (Lipinski definition) is 3. The largest absolute Gasteiger partial charge is 0.179 e. The van der Waals surface area contributed by atoms with Crippen molar-refractivity contribution in [2.75, 3.05) is 17.3 Å². The Morgan fingerprint density at radius 2 is 1.00 bits per heavy atom. The third-order valence-corrected chi connectivity index (χ3v) is 4.14. The van der Waals surface area contributed by atoms with Crippen molar-refractivity contribution in [1.29, 1.82) is 0 Å². The first-order chi connectivity index (χ1) is 6.68. The molecular weight excluding hydrogens is 244 g/mol. The lowest BCUT2D eigenvalue weighted by molar-refractivity contribution is 0.435. The molecule has 0 atom stereocenters. The van der Waals surface area contributed by atoms with Crippen LogP contribution in [0.15, 0.2) is 0 Å². The molecule has 0 nitrogen and oxygen atoms in total. The van der Waals surface area contributed by atoms with Crippen LogP contribution in [0.4, 0.5) is 0 Å². The minimum atomic E-state index is 0.314. The second-order valence-corrected chi connectivity index (χ2v) is 6.16. The highest BCUT2D eigenvalue weighted by Crippen LogP contribution is 2.39. The predicted octanol–water partition coefficient (Wildman–Crippen LogP) is 3.44. The Morgan fingerprint density at radius 1 is 0.714 bits per heavy atom. The first kappa shape index (κ1) is 15.3. The quantitative estimate of drug-likeness (QED) is 0.413. The van der Waals surface area contributed by atoms with Crippen molar-refractivity contribution in [1.82, 2.24) is 0 Å². The van der Waals surface area contributed by atoms with Crippen LogP contribution in [0.5, 0.6) is 0 Å². The third-order valence-electron chi connectivity index (χ3n) is 2.44. The van der Waals surface area contributed by atoms with Crippen molar-refractivity contribution < 1.29 is 0 Å². The maximum atomic E-state index is 4.26. The van der Waals surface area contributed by atoms with Crippen LogP contribution in [0.2, 0.25) is 5.04 Å². The van der Waals surface area contributed by atoms with E-state index < -0.39 is 0 Å². The van der Waals surface area contributed by atoms with E-state index in [0.29, 0.717) is 5.04 Å².